The molecule has 1 aromatic heterocycles. The van der Waals surface area contributed by atoms with Crippen LogP contribution in [0.15, 0.2) is 60.1 Å². The molecule has 0 spiro atoms. The highest BCUT2D eigenvalue weighted by Gasteiger charge is 1.95. The van der Waals surface area contributed by atoms with Crippen molar-refractivity contribution in [2.75, 3.05) is 0 Å². The highest BCUT2D eigenvalue weighted by molar-refractivity contribution is 5.41. The summed E-state index contributed by atoms with van der Waals surface area (Å²) in [6, 6.07) is 0. The first-order valence-electron chi connectivity index (χ1n) is 7.70. The average Bonchev–Trinajstić information content (AvgIpc) is 2.53. The van der Waals surface area contributed by atoms with Gasteiger partial charge in [0, 0.05) is 11.4 Å². The van der Waals surface area contributed by atoms with E-state index < -0.39 is 0 Å². The van der Waals surface area contributed by atoms with E-state index in [1.807, 2.05) is 19.2 Å². The van der Waals surface area contributed by atoms with Gasteiger partial charge in [-0.05, 0) is 39.2 Å². The van der Waals surface area contributed by atoms with E-state index in [2.05, 4.69) is 67.7 Å². The molecule has 1 rings (SSSR count). The first-order chi connectivity index (χ1) is 10.6. The van der Waals surface area contributed by atoms with E-state index in [9.17, 15) is 0 Å². The van der Waals surface area contributed by atoms with Crippen molar-refractivity contribution in [3.05, 3.63) is 70.7 Å². The molecule has 1 heterocycles. The van der Waals surface area contributed by atoms with Crippen molar-refractivity contribution in [2.45, 2.75) is 40.5 Å². The number of hydrogen-bond donors (Lipinski definition) is 0. The van der Waals surface area contributed by atoms with Gasteiger partial charge in [-0.25, -0.2) is 9.97 Å². The Hall–Kier alpha value is -2.22. The zero-order valence-electron chi connectivity index (χ0n) is 14.1. The second kappa shape index (κ2) is 9.67. The van der Waals surface area contributed by atoms with Crippen molar-refractivity contribution >= 4 is 12.2 Å². The molecule has 0 saturated heterocycles. The van der Waals surface area contributed by atoms with Crippen LogP contribution in [0.5, 0.6) is 0 Å². The molecular weight excluding hydrogens is 268 g/mol. The van der Waals surface area contributed by atoms with Gasteiger partial charge in [0.05, 0.1) is 5.35 Å². The van der Waals surface area contributed by atoms with Gasteiger partial charge in [-0.2, -0.15) is 0 Å². The molecular formula is C20H26N2. The molecule has 0 N–H and O–H groups in total. The van der Waals surface area contributed by atoms with E-state index in [1.54, 1.807) is 6.33 Å². The molecule has 0 amide bonds. The molecule has 0 fully saturated rings. The second-order valence-electron chi connectivity index (χ2n) is 5.29. The van der Waals surface area contributed by atoms with E-state index in [4.69, 9.17) is 0 Å². The van der Waals surface area contributed by atoms with Crippen molar-refractivity contribution in [1.29, 1.82) is 0 Å². The number of aromatic nitrogens is 2. The standard InChI is InChI=1S/C20H26N2/c1-6-9-20-19(14-21-15-22-20)11-10-17(5)13-18(8-3)12-16(4)7-2/h7-12,14-15H,3,6,13H2,1-2,4-5H3/b16-7-,17-10+,18-12+,19-11-,20-9-. The van der Waals surface area contributed by atoms with Crippen LogP contribution in [0.25, 0.3) is 12.2 Å². The van der Waals surface area contributed by atoms with Gasteiger partial charge in [-0.15, -0.1) is 0 Å². The van der Waals surface area contributed by atoms with Crippen molar-refractivity contribution < 1.29 is 0 Å². The Morgan fingerprint density at radius 3 is 2.73 bits per heavy atom. The second-order valence-corrected chi connectivity index (χ2v) is 5.29. The molecule has 116 valence electrons. The lowest BCUT2D eigenvalue weighted by Crippen LogP contribution is -2.28. The molecule has 0 radical (unpaired) electrons. The summed E-state index contributed by atoms with van der Waals surface area (Å²) in [6.07, 6.45) is 17.8. The molecule has 1 aromatic rings. The molecule has 0 aromatic carbocycles. The van der Waals surface area contributed by atoms with E-state index in [0.717, 1.165) is 23.4 Å². The minimum atomic E-state index is 0.895. The fraction of sp³-hybridized carbons (Fsp3) is 0.300. The lowest BCUT2D eigenvalue weighted by molar-refractivity contribution is 1.09. The Balaban J connectivity index is 3.04. The topological polar surface area (TPSA) is 25.8 Å². The molecule has 0 unspecified atom stereocenters. The van der Waals surface area contributed by atoms with Crippen LogP contribution >= 0.6 is 0 Å². The first-order valence-corrected chi connectivity index (χ1v) is 7.70. The summed E-state index contributed by atoms with van der Waals surface area (Å²) in [7, 11) is 0. The smallest absolute Gasteiger partial charge is 0.116 e. The zero-order valence-corrected chi connectivity index (χ0v) is 14.1. The highest BCUT2D eigenvalue weighted by Crippen LogP contribution is 2.14. The third-order valence-electron chi connectivity index (χ3n) is 3.33. The average molecular weight is 294 g/mol. The van der Waals surface area contributed by atoms with Crippen LogP contribution in [0.2, 0.25) is 0 Å². The quantitative estimate of drug-likeness (QED) is 0.745. The molecule has 0 saturated carbocycles. The fourth-order valence-electron chi connectivity index (χ4n) is 2.01. The van der Waals surface area contributed by atoms with Crippen molar-refractivity contribution in [2.24, 2.45) is 0 Å². The Kier molecular flexibility index (Phi) is 7.84. The Morgan fingerprint density at radius 2 is 2.09 bits per heavy atom. The minimum absolute atomic E-state index is 0.895. The van der Waals surface area contributed by atoms with Gasteiger partial charge in [0.1, 0.15) is 6.33 Å². The summed E-state index contributed by atoms with van der Waals surface area (Å²) < 4.78 is 0. The summed E-state index contributed by atoms with van der Waals surface area (Å²) in [6.45, 7) is 12.3. The van der Waals surface area contributed by atoms with Crippen molar-refractivity contribution in [3.8, 4) is 0 Å². The SMILES string of the molecule is C=C/C(=C\C(C)=C/C)C/C(C)=C/C=c1/cncn/c1=C\CC. The summed E-state index contributed by atoms with van der Waals surface area (Å²) in [5, 5.41) is 2.04. The van der Waals surface area contributed by atoms with E-state index in [1.165, 1.54) is 16.7 Å². The van der Waals surface area contributed by atoms with E-state index in [0.29, 0.717) is 0 Å². The summed E-state index contributed by atoms with van der Waals surface area (Å²) in [5.41, 5.74) is 3.76. The van der Waals surface area contributed by atoms with Gasteiger partial charge < -0.3 is 0 Å². The van der Waals surface area contributed by atoms with Gasteiger partial charge in [-0.1, -0.05) is 61.1 Å². The van der Waals surface area contributed by atoms with Crippen LogP contribution in [0.4, 0.5) is 0 Å². The van der Waals surface area contributed by atoms with Crippen LogP contribution < -0.4 is 10.6 Å². The molecule has 0 aliphatic carbocycles. The summed E-state index contributed by atoms with van der Waals surface area (Å²) >= 11 is 0. The predicted octanol–water partition coefficient (Wildman–Crippen LogP) is 3.86. The van der Waals surface area contributed by atoms with Crippen LogP contribution in [0.3, 0.4) is 0 Å². The third kappa shape index (κ3) is 6.04. The number of hydrogen-bond acceptors (Lipinski definition) is 2. The first kappa shape index (κ1) is 17.8. The number of allylic oxidation sites excluding steroid dienone is 7. The van der Waals surface area contributed by atoms with E-state index >= 15 is 0 Å². The maximum absolute atomic E-state index is 4.31. The maximum Gasteiger partial charge on any atom is 0.116 e. The molecule has 0 atom stereocenters. The van der Waals surface area contributed by atoms with Crippen LogP contribution in [0, 0.1) is 0 Å². The van der Waals surface area contributed by atoms with Crippen LogP contribution in [0.1, 0.15) is 40.5 Å². The maximum atomic E-state index is 4.31. The number of rotatable bonds is 6. The highest BCUT2D eigenvalue weighted by atomic mass is 14.8. The van der Waals surface area contributed by atoms with Gasteiger partial charge >= 0.3 is 0 Å². The molecule has 0 aliphatic heterocycles. The third-order valence-corrected chi connectivity index (χ3v) is 3.33. The lowest BCUT2D eigenvalue weighted by atomic mass is 10.0. The Morgan fingerprint density at radius 1 is 1.32 bits per heavy atom. The summed E-state index contributed by atoms with van der Waals surface area (Å²) in [4.78, 5) is 8.42. The molecule has 2 heteroatoms. The van der Waals surface area contributed by atoms with Gasteiger partial charge in [0.15, 0.2) is 0 Å². The zero-order chi connectivity index (χ0) is 16.4. The fourth-order valence-corrected chi connectivity index (χ4v) is 2.01. The monoisotopic (exact) mass is 294 g/mol. The molecule has 2 nitrogen and oxygen atoms in total. The Bertz CT molecular complexity index is 703. The van der Waals surface area contributed by atoms with Gasteiger partial charge in [0.2, 0.25) is 0 Å². The lowest BCUT2D eigenvalue weighted by Gasteiger charge is -2.02. The van der Waals surface area contributed by atoms with Crippen LogP contribution in [-0.2, 0) is 0 Å². The molecule has 22 heavy (non-hydrogen) atoms. The summed E-state index contributed by atoms with van der Waals surface area (Å²) in [5.74, 6) is 0. The van der Waals surface area contributed by atoms with Crippen molar-refractivity contribution in [3.63, 3.8) is 0 Å². The van der Waals surface area contributed by atoms with Crippen LogP contribution in [-0.4, -0.2) is 9.97 Å². The van der Waals surface area contributed by atoms with Gasteiger partial charge in [0.25, 0.3) is 0 Å². The Labute approximate surface area is 134 Å². The normalized spacial score (nSPS) is 15.4. The molecule has 0 bridgehead atoms. The van der Waals surface area contributed by atoms with Crippen molar-refractivity contribution in [1.82, 2.24) is 9.97 Å². The molecule has 0 aliphatic rings. The minimum Gasteiger partial charge on any atom is -0.244 e. The van der Waals surface area contributed by atoms with E-state index in [-0.39, 0.29) is 0 Å². The largest absolute Gasteiger partial charge is 0.244 e. The predicted molar refractivity (Wildman–Crippen MR) is 96.6 cm³/mol. The van der Waals surface area contributed by atoms with Gasteiger partial charge in [-0.3, -0.25) is 0 Å². The number of nitrogens with zero attached hydrogens (tertiary/aromatic N) is 2.